The summed E-state index contributed by atoms with van der Waals surface area (Å²) in [4.78, 5) is 14.1. The van der Waals surface area contributed by atoms with E-state index in [1.807, 2.05) is 0 Å². The van der Waals surface area contributed by atoms with Crippen molar-refractivity contribution in [1.29, 1.82) is 0 Å². The van der Waals surface area contributed by atoms with Crippen LogP contribution in [0.3, 0.4) is 0 Å². The fourth-order valence-electron chi connectivity index (χ4n) is 5.69. The second-order valence-electron chi connectivity index (χ2n) is 10.1. The molecule has 0 spiro atoms. The van der Waals surface area contributed by atoms with E-state index >= 15 is 0 Å². The van der Waals surface area contributed by atoms with Crippen molar-refractivity contribution in [1.82, 2.24) is 4.90 Å². The van der Waals surface area contributed by atoms with Crippen LogP contribution in [0.2, 0.25) is 0 Å². The van der Waals surface area contributed by atoms with Crippen molar-refractivity contribution >= 4 is 5.97 Å². The maximum Gasteiger partial charge on any atom is 0.416 e. The molecule has 0 amide bonds. The molecule has 1 heterocycles. The third-order valence-electron chi connectivity index (χ3n) is 7.77. The molecule has 2 aliphatic rings. The molecule has 3 aromatic carbocycles. The molecule has 0 bridgehead atoms. The van der Waals surface area contributed by atoms with Gasteiger partial charge in [0.05, 0.1) is 23.6 Å². The molecule has 1 aliphatic carbocycles. The van der Waals surface area contributed by atoms with Crippen LogP contribution >= 0.6 is 0 Å². The lowest BCUT2D eigenvalue weighted by Gasteiger charge is -2.41. The van der Waals surface area contributed by atoms with Gasteiger partial charge in [-0.3, -0.25) is 9.69 Å². The highest BCUT2D eigenvalue weighted by Crippen LogP contribution is 2.51. The van der Waals surface area contributed by atoms with Crippen molar-refractivity contribution in [2.24, 2.45) is 0 Å². The number of benzene rings is 3. The summed E-state index contributed by atoms with van der Waals surface area (Å²) in [5.41, 5.74) is 0.113. The summed E-state index contributed by atoms with van der Waals surface area (Å²) in [7, 11) is 0. The minimum Gasteiger partial charge on any atom is -0.481 e. The van der Waals surface area contributed by atoms with Gasteiger partial charge in [0.1, 0.15) is 5.82 Å². The number of hydrogen-bond acceptors (Lipinski definition) is 2. The van der Waals surface area contributed by atoms with Crippen LogP contribution in [0.25, 0.3) is 11.1 Å². The normalized spacial score (nSPS) is 19.6. The van der Waals surface area contributed by atoms with Gasteiger partial charge in [0, 0.05) is 13.0 Å². The molecule has 5 rings (SSSR count). The van der Waals surface area contributed by atoms with Gasteiger partial charge in [-0.2, -0.15) is 13.2 Å². The zero-order chi connectivity index (χ0) is 27.3. The summed E-state index contributed by atoms with van der Waals surface area (Å²) in [6, 6.07) is 14.1. The molecule has 1 unspecified atom stereocenters. The molecule has 1 saturated carbocycles. The van der Waals surface area contributed by atoms with Crippen molar-refractivity contribution in [2.45, 2.75) is 49.2 Å². The summed E-state index contributed by atoms with van der Waals surface area (Å²) in [5.74, 6) is -4.49. The predicted molar refractivity (Wildman–Crippen MR) is 129 cm³/mol. The van der Waals surface area contributed by atoms with E-state index in [9.17, 15) is 36.2 Å². The van der Waals surface area contributed by atoms with Gasteiger partial charge in [-0.25, -0.2) is 13.2 Å². The zero-order valence-corrected chi connectivity index (χ0v) is 20.2. The number of halogens is 6. The predicted octanol–water partition coefficient (Wildman–Crippen LogP) is 7.45. The fourth-order valence-corrected chi connectivity index (χ4v) is 5.69. The van der Waals surface area contributed by atoms with E-state index in [2.05, 4.69) is 0 Å². The average molecular weight is 534 g/mol. The van der Waals surface area contributed by atoms with E-state index in [-0.39, 0.29) is 13.0 Å². The van der Waals surface area contributed by atoms with E-state index in [1.54, 1.807) is 23.1 Å². The molecule has 38 heavy (non-hydrogen) atoms. The van der Waals surface area contributed by atoms with E-state index in [0.717, 1.165) is 12.1 Å². The molecule has 9 heteroatoms. The summed E-state index contributed by atoms with van der Waals surface area (Å²) in [6.45, 7) is -0.522. The van der Waals surface area contributed by atoms with Gasteiger partial charge in [-0.15, -0.1) is 0 Å². The van der Waals surface area contributed by atoms with E-state index < -0.39 is 47.5 Å². The highest BCUT2D eigenvalue weighted by atomic mass is 19.4. The molecule has 3 aromatic rings. The first-order valence-electron chi connectivity index (χ1n) is 12.3. The number of carboxylic acids is 1. The number of hydrogen-bond donors (Lipinski definition) is 1. The third-order valence-corrected chi connectivity index (χ3v) is 7.77. The van der Waals surface area contributed by atoms with Crippen molar-refractivity contribution in [2.75, 3.05) is 13.1 Å². The summed E-state index contributed by atoms with van der Waals surface area (Å²) in [5, 5.41) is 10.2. The highest BCUT2D eigenvalue weighted by Gasteiger charge is 2.49. The number of likely N-dealkylation sites (tertiary alicyclic amines) is 1. The Labute approximate surface area is 215 Å². The van der Waals surface area contributed by atoms with Gasteiger partial charge >= 0.3 is 12.1 Å². The maximum absolute atomic E-state index is 14.4. The standard InChI is InChI=1S/C29H25F6NO2/c30-21-11-7-19(8-12-21)25(36-16-15-28(31,32)17-36)22-3-1-4-23(27(26(37)38)13-2-14-27)24(22)18-5-9-20(10-6-18)29(33,34)35/h1,3-12,25H,2,13-17H2,(H,37,38). The third kappa shape index (κ3) is 4.68. The number of carboxylic acid groups (broad SMARTS) is 1. The van der Waals surface area contributed by atoms with Gasteiger partial charge in [0.2, 0.25) is 0 Å². The molecule has 0 radical (unpaired) electrons. The maximum atomic E-state index is 14.4. The van der Waals surface area contributed by atoms with Crippen molar-refractivity contribution in [3.05, 3.63) is 94.8 Å². The summed E-state index contributed by atoms with van der Waals surface area (Å²) < 4.78 is 82.5. The molecule has 2 fully saturated rings. The number of aliphatic carboxylic acids is 1. The Balaban J connectivity index is 1.75. The lowest BCUT2D eigenvalue weighted by Crippen LogP contribution is -2.43. The molecule has 1 N–H and O–H groups in total. The van der Waals surface area contributed by atoms with E-state index in [1.165, 1.54) is 36.4 Å². The molecular formula is C29H25F6NO2. The summed E-state index contributed by atoms with van der Waals surface area (Å²) in [6.07, 6.45) is -3.57. The van der Waals surface area contributed by atoms with Gasteiger partial charge in [0.15, 0.2) is 0 Å². The van der Waals surface area contributed by atoms with Gasteiger partial charge in [0.25, 0.3) is 5.92 Å². The van der Waals surface area contributed by atoms with Crippen molar-refractivity contribution in [3.63, 3.8) is 0 Å². The Hall–Kier alpha value is -3.33. The average Bonchev–Trinajstić information content (AvgIpc) is 3.18. The lowest BCUT2D eigenvalue weighted by atomic mass is 9.62. The topological polar surface area (TPSA) is 40.5 Å². The zero-order valence-electron chi connectivity index (χ0n) is 20.2. The van der Waals surface area contributed by atoms with Crippen molar-refractivity contribution < 1.29 is 36.2 Å². The molecular weight excluding hydrogens is 508 g/mol. The second kappa shape index (κ2) is 9.45. The monoisotopic (exact) mass is 533 g/mol. The Morgan fingerprint density at radius 3 is 2.08 bits per heavy atom. The number of carbonyl (C=O) groups is 1. The van der Waals surface area contributed by atoms with Crippen molar-refractivity contribution in [3.8, 4) is 11.1 Å². The first kappa shape index (κ1) is 26.3. The molecule has 1 saturated heterocycles. The first-order valence-corrected chi connectivity index (χ1v) is 12.3. The molecule has 1 atom stereocenters. The van der Waals surface area contributed by atoms with Gasteiger partial charge in [-0.1, -0.05) is 48.9 Å². The highest BCUT2D eigenvalue weighted by molar-refractivity contribution is 5.88. The van der Waals surface area contributed by atoms with Crippen LogP contribution in [-0.2, 0) is 16.4 Å². The van der Waals surface area contributed by atoms with Gasteiger partial charge in [-0.05, 0) is 64.9 Å². The lowest BCUT2D eigenvalue weighted by molar-refractivity contribution is -0.147. The fraction of sp³-hybridized carbons (Fsp3) is 0.345. The van der Waals surface area contributed by atoms with Crippen LogP contribution < -0.4 is 0 Å². The van der Waals surface area contributed by atoms with Crippen LogP contribution in [0.4, 0.5) is 26.3 Å². The van der Waals surface area contributed by atoms with Crippen LogP contribution in [0.15, 0.2) is 66.7 Å². The molecule has 3 nitrogen and oxygen atoms in total. The largest absolute Gasteiger partial charge is 0.481 e. The Morgan fingerprint density at radius 1 is 0.921 bits per heavy atom. The van der Waals surface area contributed by atoms with Crippen LogP contribution in [0.5, 0.6) is 0 Å². The SMILES string of the molecule is O=C(O)C1(c2cccc(C(c3ccc(F)cc3)N3CCC(F)(F)C3)c2-c2ccc(C(F)(F)F)cc2)CCC1. The van der Waals surface area contributed by atoms with Crippen LogP contribution in [0, 0.1) is 5.82 Å². The molecule has 0 aromatic heterocycles. The smallest absolute Gasteiger partial charge is 0.416 e. The minimum atomic E-state index is -4.56. The van der Waals surface area contributed by atoms with Crippen LogP contribution in [0.1, 0.15) is 54.0 Å². The minimum absolute atomic E-state index is 0.0375. The Kier molecular flexibility index (Phi) is 6.54. The number of rotatable bonds is 6. The quantitative estimate of drug-likeness (QED) is 0.335. The van der Waals surface area contributed by atoms with E-state index in [0.29, 0.717) is 47.1 Å². The van der Waals surface area contributed by atoms with Gasteiger partial charge < -0.3 is 5.11 Å². The number of nitrogens with zero attached hydrogens (tertiary/aromatic N) is 1. The molecule has 200 valence electrons. The Bertz CT molecular complexity index is 1330. The van der Waals surface area contributed by atoms with E-state index in [4.69, 9.17) is 0 Å². The summed E-state index contributed by atoms with van der Waals surface area (Å²) >= 11 is 0. The molecule has 1 aliphatic heterocycles. The second-order valence-corrected chi connectivity index (χ2v) is 10.1. The van der Waals surface area contributed by atoms with Crippen LogP contribution in [-0.4, -0.2) is 35.0 Å². The Morgan fingerprint density at radius 2 is 1.58 bits per heavy atom. The number of alkyl halides is 5. The first-order chi connectivity index (χ1) is 17.9.